The minimum Gasteiger partial charge on any atom is -0.481 e. The van der Waals surface area contributed by atoms with E-state index in [1.54, 1.807) is 13.8 Å². The van der Waals surface area contributed by atoms with Gasteiger partial charge in [0.2, 0.25) is 0 Å². The first-order chi connectivity index (χ1) is 8.33. The Bertz CT molecular complexity index is 283. The molecule has 1 atom stereocenters. The molecule has 0 bridgehead atoms. The Morgan fingerprint density at radius 2 is 1.61 bits per heavy atom. The normalized spacial score (nSPS) is 12.7. The largest absolute Gasteiger partial charge is 0.481 e. The summed E-state index contributed by atoms with van der Waals surface area (Å²) < 4.78 is 0. The molecule has 0 saturated heterocycles. The van der Waals surface area contributed by atoms with Gasteiger partial charge in [-0.3, -0.25) is 4.79 Å². The second-order valence-electron chi connectivity index (χ2n) is 4.07. The van der Waals surface area contributed by atoms with Crippen molar-refractivity contribution >= 4 is 11.9 Å². The Morgan fingerprint density at radius 3 is 1.67 bits per heavy atom. The van der Waals surface area contributed by atoms with E-state index >= 15 is 0 Å². The SMILES string of the molecule is CC=C(C(=O)O)C(C(=O)O)C(C)C.CCNCC. The van der Waals surface area contributed by atoms with Crippen molar-refractivity contribution in [2.45, 2.75) is 34.6 Å². The van der Waals surface area contributed by atoms with Crippen LogP contribution < -0.4 is 5.32 Å². The number of rotatable bonds is 6. The van der Waals surface area contributed by atoms with Crippen LogP contribution in [0.1, 0.15) is 34.6 Å². The zero-order chi connectivity index (χ0) is 14.7. The molecule has 0 aromatic heterocycles. The molecule has 0 aromatic rings. The van der Waals surface area contributed by atoms with E-state index in [4.69, 9.17) is 10.2 Å². The van der Waals surface area contributed by atoms with E-state index < -0.39 is 17.9 Å². The molecule has 18 heavy (non-hydrogen) atoms. The predicted molar refractivity (Wildman–Crippen MR) is 71.6 cm³/mol. The van der Waals surface area contributed by atoms with Gasteiger partial charge < -0.3 is 15.5 Å². The van der Waals surface area contributed by atoms with Crippen molar-refractivity contribution < 1.29 is 19.8 Å². The van der Waals surface area contributed by atoms with E-state index in [2.05, 4.69) is 19.2 Å². The molecule has 3 N–H and O–H groups in total. The van der Waals surface area contributed by atoms with E-state index in [0.29, 0.717) is 0 Å². The van der Waals surface area contributed by atoms with Crippen LogP contribution >= 0.6 is 0 Å². The molecule has 5 nitrogen and oxygen atoms in total. The third-order valence-corrected chi connectivity index (χ3v) is 2.33. The molecule has 1 unspecified atom stereocenters. The van der Waals surface area contributed by atoms with Crippen LogP contribution in [0.2, 0.25) is 0 Å². The van der Waals surface area contributed by atoms with Gasteiger partial charge in [0.15, 0.2) is 0 Å². The first-order valence-electron chi connectivity index (χ1n) is 6.16. The standard InChI is InChI=1S/C9H14O4.C4H11N/c1-4-6(8(10)11)7(5(2)3)9(12)13;1-3-5-4-2/h4-5,7H,1-3H3,(H,10,11)(H,12,13);5H,3-4H2,1-2H3. The summed E-state index contributed by atoms with van der Waals surface area (Å²) in [6.07, 6.45) is 1.33. The molecule has 0 aliphatic carbocycles. The number of allylic oxidation sites excluding steroid dienone is 1. The number of hydrogen-bond acceptors (Lipinski definition) is 3. The molecule has 5 heteroatoms. The average molecular weight is 259 g/mol. The number of nitrogens with one attached hydrogen (secondary N) is 1. The molecule has 0 heterocycles. The van der Waals surface area contributed by atoms with Crippen LogP contribution in [-0.4, -0.2) is 35.2 Å². The van der Waals surface area contributed by atoms with Gasteiger partial charge in [-0.25, -0.2) is 4.79 Å². The van der Waals surface area contributed by atoms with Crippen molar-refractivity contribution in [1.82, 2.24) is 5.32 Å². The highest BCUT2D eigenvalue weighted by Gasteiger charge is 2.29. The van der Waals surface area contributed by atoms with Crippen molar-refractivity contribution in [1.29, 1.82) is 0 Å². The number of hydrogen-bond donors (Lipinski definition) is 3. The third-order valence-electron chi connectivity index (χ3n) is 2.33. The van der Waals surface area contributed by atoms with Crippen LogP contribution in [0, 0.1) is 11.8 Å². The van der Waals surface area contributed by atoms with Gasteiger partial charge in [-0.15, -0.1) is 0 Å². The Balaban J connectivity index is 0. The molecule has 0 amide bonds. The second kappa shape index (κ2) is 10.8. The van der Waals surface area contributed by atoms with Crippen molar-refractivity contribution in [2.75, 3.05) is 13.1 Å². The van der Waals surface area contributed by atoms with Gasteiger partial charge in [0.25, 0.3) is 0 Å². The highest BCUT2D eigenvalue weighted by atomic mass is 16.4. The lowest BCUT2D eigenvalue weighted by molar-refractivity contribution is -0.145. The lowest BCUT2D eigenvalue weighted by Gasteiger charge is -2.16. The molecular weight excluding hydrogens is 234 g/mol. The maximum absolute atomic E-state index is 10.7. The van der Waals surface area contributed by atoms with E-state index in [0.717, 1.165) is 13.1 Å². The lowest BCUT2D eigenvalue weighted by atomic mass is 9.88. The maximum atomic E-state index is 10.7. The quantitative estimate of drug-likeness (QED) is 0.635. The fourth-order valence-electron chi connectivity index (χ4n) is 1.46. The molecule has 106 valence electrons. The summed E-state index contributed by atoms with van der Waals surface area (Å²) in [6, 6.07) is 0. The first kappa shape index (κ1) is 19.0. The van der Waals surface area contributed by atoms with Crippen LogP contribution in [0.3, 0.4) is 0 Å². The minimum absolute atomic E-state index is 0.0532. The Morgan fingerprint density at radius 1 is 1.17 bits per heavy atom. The Hall–Kier alpha value is -1.36. The minimum atomic E-state index is -1.16. The van der Waals surface area contributed by atoms with Crippen molar-refractivity contribution in [2.24, 2.45) is 11.8 Å². The second-order valence-corrected chi connectivity index (χ2v) is 4.07. The zero-order valence-electron chi connectivity index (χ0n) is 11.9. The van der Waals surface area contributed by atoms with Crippen LogP contribution in [0.4, 0.5) is 0 Å². The fraction of sp³-hybridized carbons (Fsp3) is 0.692. The van der Waals surface area contributed by atoms with Crippen LogP contribution in [0.5, 0.6) is 0 Å². The highest BCUT2D eigenvalue weighted by molar-refractivity contribution is 5.93. The third kappa shape index (κ3) is 7.84. The van der Waals surface area contributed by atoms with Gasteiger partial charge in [-0.05, 0) is 25.9 Å². The van der Waals surface area contributed by atoms with Gasteiger partial charge in [0.05, 0.1) is 5.92 Å². The van der Waals surface area contributed by atoms with Crippen molar-refractivity contribution in [3.8, 4) is 0 Å². The topological polar surface area (TPSA) is 86.6 Å². The Kier molecular flexibility index (Phi) is 11.4. The van der Waals surface area contributed by atoms with Crippen molar-refractivity contribution in [3.63, 3.8) is 0 Å². The van der Waals surface area contributed by atoms with Crippen LogP contribution in [0.25, 0.3) is 0 Å². The summed E-state index contributed by atoms with van der Waals surface area (Å²) in [5, 5.41) is 20.6. The number of aliphatic carboxylic acids is 2. The van der Waals surface area contributed by atoms with E-state index in [1.807, 2.05) is 0 Å². The van der Waals surface area contributed by atoms with Crippen LogP contribution in [-0.2, 0) is 9.59 Å². The molecule has 0 spiro atoms. The maximum Gasteiger partial charge on any atom is 0.332 e. The van der Waals surface area contributed by atoms with E-state index in [-0.39, 0.29) is 11.5 Å². The fourth-order valence-corrected chi connectivity index (χ4v) is 1.46. The molecule has 0 aliphatic rings. The van der Waals surface area contributed by atoms with Gasteiger partial charge in [0, 0.05) is 5.57 Å². The monoisotopic (exact) mass is 259 g/mol. The van der Waals surface area contributed by atoms with E-state index in [1.165, 1.54) is 13.0 Å². The first-order valence-corrected chi connectivity index (χ1v) is 6.16. The summed E-state index contributed by atoms with van der Waals surface area (Å²) in [5.74, 6) is -3.41. The van der Waals surface area contributed by atoms with Gasteiger partial charge in [-0.2, -0.15) is 0 Å². The summed E-state index contributed by atoms with van der Waals surface area (Å²) in [6.45, 7) is 11.3. The number of carbonyl (C=O) groups is 2. The van der Waals surface area contributed by atoms with Crippen LogP contribution in [0.15, 0.2) is 11.6 Å². The molecule has 0 radical (unpaired) electrons. The highest BCUT2D eigenvalue weighted by Crippen LogP contribution is 2.20. The molecule has 0 aliphatic heterocycles. The predicted octanol–water partition coefficient (Wildman–Crippen LogP) is 1.99. The lowest BCUT2D eigenvalue weighted by Crippen LogP contribution is -2.25. The molecule has 0 fully saturated rings. The van der Waals surface area contributed by atoms with E-state index in [9.17, 15) is 9.59 Å². The molecule has 0 saturated carbocycles. The smallest absolute Gasteiger partial charge is 0.332 e. The summed E-state index contributed by atoms with van der Waals surface area (Å²) in [5.41, 5.74) is -0.0532. The summed E-state index contributed by atoms with van der Waals surface area (Å²) in [4.78, 5) is 21.4. The average Bonchev–Trinajstić information content (AvgIpc) is 2.25. The number of carboxylic acids is 2. The van der Waals surface area contributed by atoms with Gasteiger partial charge in [0.1, 0.15) is 0 Å². The van der Waals surface area contributed by atoms with Crippen molar-refractivity contribution in [3.05, 3.63) is 11.6 Å². The molecular formula is C13H25NO4. The summed E-state index contributed by atoms with van der Waals surface area (Å²) in [7, 11) is 0. The van der Waals surface area contributed by atoms with Gasteiger partial charge in [-0.1, -0.05) is 33.8 Å². The van der Waals surface area contributed by atoms with Gasteiger partial charge >= 0.3 is 11.9 Å². The zero-order valence-corrected chi connectivity index (χ0v) is 11.9. The summed E-state index contributed by atoms with van der Waals surface area (Å²) >= 11 is 0. The Labute approximate surface area is 109 Å². The molecule has 0 aromatic carbocycles. The molecule has 0 rings (SSSR count). The number of carboxylic acid groups (broad SMARTS) is 2.